The van der Waals surface area contributed by atoms with Gasteiger partial charge in [-0.3, -0.25) is 0 Å². The van der Waals surface area contributed by atoms with Gasteiger partial charge in [0.05, 0.1) is 6.61 Å². The SMILES string of the molecule is CCCCCCCCCCCCCCCCC(=S)OC[C@@H](OC(=S)CCCCCCCCCCCCCCCC)[C@@H]1OC[C@H](O)[C@@H]1O. The average molecular weight is 701 g/mol. The molecular formula is C40H76O5S2. The van der Waals surface area contributed by atoms with E-state index in [9.17, 15) is 10.2 Å². The zero-order chi connectivity index (χ0) is 34.2. The lowest BCUT2D eigenvalue weighted by Crippen LogP contribution is -2.43. The number of hydrogen-bond acceptors (Lipinski definition) is 7. The molecule has 0 unspecified atom stereocenters. The highest BCUT2D eigenvalue weighted by atomic mass is 32.1. The van der Waals surface area contributed by atoms with Crippen LogP contribution in [0.15, 0.2) is 0 Å². The number of thiocarbonyl (C=S) groups is 2. The summed E-state index contributed by atoms with van der Waals surface area (Å²) < 4.78 is 17.7. The first-order valence-corrected chi connectivity index (χ1v) is 21.1. The lowest BCUT2D eigenvalue weighted by molar-refractivity contribution is -0.0600. The first-order chi connectivity index (χ1) is 23.0. The number of aliphatic hydroxyl groups excluding tert-OH is 2. The standard InChI is InChI=1S/C40H76O5S2/c1-3-5-7-9-11-13-15-17-19-21-23-25-27-29-31-37(46)43-34-36(40-39(42)35(41)33-44-40)45-38(47)32-30-28-26-24-22-20-18-16-14-12-10-8-6-4-2/h35-36,39-42H,3-34H2,1-2H3/t35-,36+,39-,40-/m0/s1. The van der Waals surface area contributed by atoms with E-state index in [1.165, 1.54) is 161 Å². The van der Waals surface area contributed by atoms with Gasteiger partial charge < -0.3 is 24.4 Å². The maximum Gasteiger partial charge on any atom is 0.162 e. The normalized spacial score (nSPS) is 18.4. The van der Waals surface area contributed by atoms with Gasteiger partial charge in [-0.05, 0) is 37.3 Å². The summed E-state index contributed by atoms with van der Waals surface area (Å²) in [5.41, 5.74) is 0. The van der Waals surface area contributed by atoms with Crippen LogP contribution in [0.1, 0.15) is 206 Å². The molecule has 0 bridgehead atoms. The van der Waals surface area contributed by atoms with Gasteiger partial charge in [0.25, 0.3) is 0 Å². The van der Waals surface area contributed by atoms with Crippen LogP contribution in [0.3, 0.4) is 0 Å². The smallest absolute Gasteiger partial charge is 0.162 e. The molecule has 1 aliphatic rings. The van der Waals surface area contributed by atoms with Gasteiger partial charge in [0, 0.05) is 12.8 Å². The maximum absolute atomic E-state index is 10.5. The molecule has 0 aromatic carbocycles. The van der Waals surface area contributed by atoms with Crippen LogP contribution in [-0.2, 0) is 14.2 Å². The second-order valence-corrected chi connectivity index (χ2v) is 15.2. The Morgan fingerprint density at radius 3 is 1.23 bits per heavy atom. The second kappa shape index (κ2) is 32.8. The minimum absolute atomic E-state index is 0.0842. The summed E-state index contributed by atoms with van der Waals surface area (Å²) in [5, 5.41) is 21.6. The van der Waals surface area contributed by atoms with Crippen LogP contribution in [-0.4, -0.2) is 57.9 Å². The van der Waals surface area contributed by atoms with Crippen molar-refractivity contribution in [3.05, 3.63) is 0 Å². The Balaban J connectivity index is 2.12. The third kappa shape index (κ3) is 26.2. The van der Waals surface area contributed by atoms with Crippen molar-refractivity contribution in [1.29, 1.82) is 0 Å². The highest BCUT2D eigenvalue weighted by Crippen LogP contribution is 2.22. The van der Waals surface area contributed by atoms with Crippen LogP contribution in [0.4, 0.5) is 0 Å². The van der Waals surface area contributed by atoms with E-state index in [0.717, 1.165) is 25.7 Å². The van der Waals surface area contributed by atoms with E-state index in [1.54, 1.807) is 0 Å². The first-order valence-electron chi connectivity index (χ1n) is 20.3. The summed E-state index contributed by atoms with van der Waals surface area (Å²) in [6, 6.07) is 0. The van der Waals surface area contributed by atoms with Crippen molar-refractivity contribution in [2.24, 2.45) is 0 Å². The fourth-order valence-corrected chi connectivity index (χ4v) is 7.03. The minimum Gasteiger partial charge on any atom is -0.483 e. The highest BCUT2D eigenvalue weighted by Gasteiger charge is 2.41. The number of aliphatic hydroxyl groups is 2. The third-order valence-electron chi connectivity index (χ3n) is 9.72. The zero-order valence-corrected chi connectivity index (χ0v) is 32.5. The molecule has 7 heteroatoms. The van der Waals surface area contributed by atoms with E-state index in [0.29, 0.717) is 16.5 Å². The fraction of sp³-hybridized carbons (Fsp3) is 0.950. The van der Waals surface area contributed by atoms with Gasteiger partial charge in [-0.2, -0.15) is 0 Å². The lowest BCUT2D eigenvalue weighted by atomic mass is 10.0. The molecule has 0 radical (unpaired) electrons. The van der Waals surface area contributed by atoms with Crippen LogP contribution >= 0.6 is 24.4 Å². The maximum atomic E-state index is 10.5. The van der Waals surface area contributed by atoms with Crippen LogP contribution < -0.4 is 0 Å². The van der Waals surface area contributed by atoms with Crippen molar-refractivity contribution >= 4 is 34.5 Å². The van der Waals surface area contributed by atoms with Crippen LogP contribution in [0.5, 0.6) is 0 Å². The highest BCUT2D eigenvalue weighted by molar-refractivity contribution is 7.80. The lowest BCUT2D eigenvalue weighted by Gasteiger charge is -2.27. The Kier molecular flexibility index (Phi) is 31.2. The molecule has 1 fully saturated rings. The van der Waals surface area contributed by atoms with Crippen molar-refractivity contribution < 1.29 is 24.4 Å². The molecule has 1 heterocycles. The van der Waals surface area contributed by atoms with Crippen LogP contribution in [0.25, 0.3) is 0 Å². The first kappa shape index (κ1) is 44.7. The average Bonchev–Trinajstić information content (AvgIpc) is 3.40. The topological polar surface area (TPSA) is 68.2 Å². The number of ether oxygens (including phenoxy) is 3. The molecule has 0 spiro atoms. The molecule has 0 saturated carbocycles. The van der Waals surface area contributed by atoms with Gasteiger partial charge >= 0.3 is 0 Å². The molecule has 1 aliphatic heterocycles. The Bertz CT molecular complexity index is 721. The Morgan fingerprint density at radius 1 is 0.553 bits per heavy atom. The van der Waals surface area contributed by atoms with Crippen molar-refractivity contribution in [3.63, 3.8) is 0 Å². The summed E-state index contributed by atoms with van der Waals surface area (Å²) in [6.07, 6.45) is 35.3. The summed E-state index contributed by atoms with van der Waals surface area (Å²) in [6.45, 7) is 4.81. The van der Waals surface area contributed by atoms with E-state index in [1.807, 2.05) is 0 Å². The molecule has 4 atom stereocenters. The van der Waals surface area contributed by atoms with Crippen molar-refractivity contribution in [2.45, 2.75) is 231 Å². The van der Waals surface area contributed by atoms with Crippen molar-refractivity contribution in [2.75, 3.05) is 13.2 Å². The number of rotatable bonds is 34. The molecule has 0 amide bonds. The molecule has 0 aromatic heterocycles. The molecule has 0 aliphatic carbocycles. The predicted octanol–water partition coefficient (Wildman–Crippen LogP) is 11.9. The molecule has 2 N–H and O–H groups in total. The van der Waals surface area contributed by atoms with Crippen LogP contribution in [0, 0.1) is 0 Å². The molecule has 0 aromatic rings. The Morgan fingerprint density at radius 2 is 0.894 bits per heavy atom. The van der Waals surface area contributed by atoms with E-state index >= 15 is 0 Å². The Hall–Kier alpha value is -0.340. The van der Waals surface area contributed by atoms with E-state index in [2.05, 4.69) is 13.8 Å². The van der Waals surface area contributed by atoms with Gasteiger partial charge in [-0.15, -0.1) is 0 Å². The van der Waals surface area contributed by atoms with Crippen LogP contribution in [0.2, 0.25) is 0 Å². The van der Waals surface area contributed by atoms with E-state index in [-0.39, 0.29) is 13.2 Å². The molecule has 278 valence electrons. The van der Waals surface area contributed by atoms with Gasteiger partial charge in [0.15, 0.2) is 16.2 Å². The minimum atomic E-state index is -1.02. The monoisotopic (exact) mass is 701 g/mol. The van der Waals surface area contributed by atoms with Gasteiger partial charge in [0.1, 0.15) is 24.9 Å². The summed E-state index contributed by atoms with van der Waals surface area (Å²) >= 11 is 11.1. The number of unbranched alkanes of at least 4 members (excludes halogenated alkanes) is 26. The van der Waals surface area contributed by atoms with E-state index < -0.39 is 24.4 Å². The quantitative estimate of drug-likeness (QED) is 0.0511. The molecule has 47 heavy (non-hydrogen) atoms. The molecule has 5 nitrogen and oxygen atoms in total. The van der Waals surface area contributed by atoms with Gasteiger partial charge in [-0.1, -0.05) is 181 Å². The molecular weight excluding hydrogens is 625 g/mol. The Labute approximate surface area is 302 Å². The fourth-order valence-electron chi connectivity index (χ4n) is 6.55. The summed E-state index contributed by atoms with van der Waals surface area (Å²) in [4.78, 5) is 0. The summed E-state index contributed by atoms with van der Waals surface area (Å²) in [5.74, 6) is 0. The van der Waals surface area contributed by atoms with E-state index in [4.69, 9.17) is 38.6 Å². The second-order valence-electron chi connectivity index (χ2n) is 14.3. The molecule has 1 saturated heterocycles. The predicted molar refractivity (Wildman–Crippen MR) is 208 cm³/mol. The van der Waals surface area contributed by atoms with Gasteiger partial charge in [-0.25, -0.2) is 0 Å². The largest absolute Gasteiger partial charge is 0.483 e. The summed E-state index contributed by atoms with van der Waals surface area (Å²) in [7, 11) is 0. The van der Waals surface area contributed by atoms with Crippen molar-refractivity contribution in [1.82, 2.24) is 0 Å². The van der Waals surface area contributed by atoms with Gasteiger partial charge in [0.2, 0.25) is 0 Å². The van der Waals surface area contributed by atoms with Crippen molar-refractivity contribution in [3.8, 4) is 0 Å². The zero-order valence-electron chi connectivity index (χ0n) is 30.9. The third-order valence-corrected chi connectivity index (χ3v) is 10.3. The number of hydrogen-bond donors (Lipinski definition) is 2. The molecule has 1 rings (SSSR count).